The molecule has 0 aromatic heterocycles. The standard InChI is InChI=1S/C16H22N2O2/c1-15(2)10-12-6-4-7-13(14(12)20-15)19-9-5-8-16(3,18)11-17/h4,6-7H,5,8-10,18H2,1-3H3. The Morgan fingerprint density at radius 2 is 2.25 bits per heavy atom. The lowest BCUT2D eigenvalue weighted by atomic mass is 10.00. The Labute approximate surface area is 120 Å². The lowest BCUT2D eigenvalue weighted by Gasteiger charge is -2.18. The Kier molecular flexibility index (Phi) is 3.92. The highest BCUT2D eigenvalue weighted by atomic mass is 16.5. The summed E-state index contributed by atoms with van der Waals surface area (Å²) in [4.78, 5) is 0. The highest BCUT2D eigenvalue weighted by molar-refractivity contribution is 5.50. The Bertz CT molecular complexity index is 530. The molecule has 0 aliphatic carbocycles. The zero-order valence-corrected chi connectivity index (χ0v) is 12.4. The molecule has 1 atom stereocenters. The monoisotopic (exact) mass is 274 g/mol. The van der Waals surface area contributed by atoms with Crippen molar-refractivity contribution in [2.75, 3.05) is 6.61 Å². The molecule has 0 saturated carbocycles. The van der Waals surface area contributed by atoms with Gasteiger partial charge >= 0.3 is 0 Å². The fourth-order valence-corrected chi connectivity index (χ4v) is 2.38. The van der Waals surface area contributed by atoms with Crippen LogP contribution in [0.1, 0.15) is 39.2 Å². The number of ether oxygens (including phenoxy) is 2. The van der Waals surface area contributed by atoms with Gasteiger partial charge in [-0.2, -0.15) is 5.26 Å². The number of nitrogens with two attached hydrogens (primary N) is 1. The van der Waals surface area contributed by atoms with Crippen molar-refractivity contribution in [1.82, 2.24) is 0 Å². The predicted octanol–water partition coefficient (Wildman–Crippen LogP) is 2.80. The third-order valence-corrected chi connectivity index (χ3v) is 3.41. The summed E-state index contributed by atoms with van der Waals surface area (Å²) < 4.78 is 11.7. The van der Waals surface area contributed by atoms with Crippen LogP contribution in [0.15, 0.2) is 18.2 Å². The van der Waals surface area contributed by atoms with E-state index < -0.39 is 5.54 Å². The Morgan fingerprint density at radius 1 is 1.50 bits per heavy atom. The number of para-hydroxylation sites is 1. The van der Waals surface area contributed by atoms with Crippen LogP contribution in [0.2, 0.25) is 0 Å². The lowest BCUT2D eigenvalue weighted by Crippen LogP contribution is -2.34. The molecule has 2 N–H and O–H groups in total. The average molecular weight is 274 g/mol. The van der Waals surface area contributed by atoms with Gasteiger partial charge in [0.05, 0.1) is 12.7 Å². The van der Waals surface area contributed by atoms with E-state index in [-0.39, 0.29) is 5.60 Å². The van der Waals surface area contributed by atoms with E-state index in [1.54, 1.807) is 6.92 Å². The van der Waals surface area contributed by atoms with Crippen molar-refractivity contribution in [3.8, 4) is 17.6 Å². The van der Waals surface area contributed by atoms with Gasteiger partial charge in [0.2, 0.25) is 0 Å². The molecule has 0 spiro atoms. The first kappa shape index (κ1) is 14.7. The Balaban J connectivity index is 1.93. The summed E-state index contributed by atoms with van der Waals surface area (Å²) in [6.07, 6.45) is 2.26. The quantitative estimate of drug-likeness (QED) is 0.838. The van der Waals surface area contributed by atoms with Crippen LogP contribution in [0.3, 0.4) is 0 Å². The molecule has 0 fully saturated rings. The van der Waals surface area contributed by atoms with Crippen LogP contribution in [0.25, 0.3) is 0 Å². The molecule has 1 aromatic carbocycles. The minimum atomic E-state index is -0.777. The molecule has 1 aliphatic rings. The van der Waals surface area contributed by atoms with Gasteiger partial charge in [0.1, 0.15) is 11.1 Å². The zero-order valence-electron chi connectivity index (χ0n) is 12.4. The molecule has 2 rings (SSSR count). The fourth-order valence-electron chi connectivity index (χ4n) is 2.38. The minimum Gasteiger partial charge on any atom is -0.490 e. The van der Waals surface area contributed by atoms with E-state index in [1.165, 1.54) is 5.56 Å². The van der Waals surface area contributed by atoms with Crippen LogP contribution in [-0.2, 0) is 6.42 Å². The molecule has 1 aliphatic heterocycles. The summed E-state index contributed by atoms with van der Waals surface area (Å²) in [7, 11) is 0. The number of benzene rings is 1. The maximum Gasteiger partial charge on any atom is 0.165 e. The first-order chi connectivity index (χ1) is 9.33. The number of hydrogen-bond donors (Lipinski definition) is 1. The second-order valence-electron chi connectivity index (χ2n) is 6.26. The highest BCUT2D eigenvalue weighted by Gasteiger charge is 2.32. The Hall–Kier alpha value is -1.73. The van der Waals surface area contributed by atoms with E-state index in [9.17, 15) is 0 Å². The molecule has 108 valence electrons. The van der Waals surface area contributed by atoms with Crippen LogP contribution in [0.4, 0.5) is 0 Å². The predicted molar refractivity (Wildman–Crippen MR) is 77.8 cm³/mol. The van der Waals surface area contributed by atoms with Crippen molar-refractivity contribution >= 4 is 0 Å². The molecule has 0 radical (unpaired) electrons. The molecule has 0 saturated heterocycles. The smallest absolute Gasteiger partial charge is 0.165 e. The number of nitriles is 1. The largest absolute Gasteiger partial charge is 0.490 e. The van der Waals surface area contributed by atoms with E-state index in [0.29, 0.717) is 13.0 Å². The summed E-state index contributed by atoms with van der Waals surface area (Å²) in [5.41, 5.74) is 6.02. The van der Waals surface area contributed by atoms with Crippen molar-refractivity contribution in [3.05, 3.63) is 23.8 Å². The molecule has 0 amide bonds. The molecule has 0 bridgehead atoms. The van der Waals surface area contributed by atoms with Gasteiger partial charge in [0.15, 0.2) is 11.5 Å². The van der Waals surface area contributed by atoms with Crippen LogP contribution >= 0.6 is 0 Å². The first-order valence-electron chi connectivity index (χ1n) is 6.97. The van der Waals surface area contributed by atoms with Gasteiger partial charge in [-0.1, -0.05) is 12.1 Å². The van der Waals surface area contributed by atoms with Crippen LogP contribution < -0.4 is 15.2 Å². The van der Waals surface area contributed by atoms with E-state index in [0.717, 1.165) is 24.3 Å². The molecule has 1 aromatic rings. The van der Waals surface area contributed by atoms with Gasteiger partial charge in [0.25, 0.3) is 0 Å². The Morgan fingerprint density at radius 3 is 2.95 bits per heavy atom. The van der Waals surface area contributed by atoms with Crippen molar-refractivity contribution in [2.45, 2.75) is 51.2 Å². The minimum absolute atomic E-state index is 0.168. The maximum atomic E-state index is 8.86. The molecule has 4 nitrogen and oxygen atoms in total. The van der Waals surface area contributed by atoms with Crippen molar-refractivity contribution < 1.29 is 9.47 Å². The summed E-state index contributed by atoms with van der Waals surface area (Å²) in [6, 6.07) is 8.07. The maximum absolute atomic E-state index is 8.86. The van der Waals surface area contributed by atoms with Crippen LogP contribution in [-0.4, -0.2) is 17.7 Å². The molecule has 1 unspecified atom stereocenters. The van der Waals surface area contributed by atoms with E-state index in [2.05, 4.69) is 26.0 Å². The average Bonchev–Trinajstić information content (AvgIpc) is 2.69. The normalized spacial score (nSPS) is 18.6. The van der Waals surface area contributed by atoms with Gasteiger partial charge in [-0.15, -0.1) is 0 Å². The SMILES string of the molecule is CC(N)(C#N)CCCOc1cccc2c1OC(C)(C)C2. The number of nitrogens with zero attached hydrogens (tertiary/aromatic N) is 1. The molecular weight excluding hydrogens is 252 g/mol. The summed E-state index contributed by atoms with van der Waals surface area (Å²) >= 11 is 0. The number of fused-ring (bicyclic) bond motifs is 1. The third kappa shape index (κ3) is 3.43. The van der Waals surface area contributed by atoms with Crippen molar-refractivity contribution in [1.29, 1.82) is 5.26 Å². The second-order valence-corrected chi connectivity index (χ2v) is 6.26. The lowest BCUT2D eigenvalue weighted by molar-refractivity contribution is 0.132. The van der Waals surface area contributed by atoms with Gasteiger partial charge in [-0.05, 0) is 39.7 Å². The summed E-state index contributed by atoms with van der Waals surface area (Å²) in [6.45, 7) is 6.42. The van der Waals surface area contributed by atoms with Gasteiger partial charge in [-0.3, -0.25) is 0 Å². The van der Waals surface area contributed by atoms with Gasteiger partial charge < -0.3 is 15.2 Å². The number of hydrogen-bond acceptors (Lipinski definition) is 4. The zero-order chi connectivity index (χ0) is 14.8. The van der Waals surface area contributed by atoms with E-state index in [4.69, 9.17) is 20.5 Å². The number of rotatable bonds is 5. The molecule has 20 heavy (non-hydrogen) atoms. The van der Waals surface area contributed by atoms with E-state index in [1.807, 2.05) is 12.1 Å². The van der Waals surface area contributed by atoms with Crippen LogP contribution in [0.5, 0.6) is 11.5 Å². The molecular formula is C16H22N2O2. The second kappa shape index (κ2) is 5.34. The fraction of sp³-hybridized carbons (Fsp3) is 0.562. The van der Waals surface area contributed by atoms with Crippen molar-refractivity contribution in [2.24, 2.45) is 5.73 Å². The molecule has 1 heterocycles. The first-order valence-corrected chi connectivity index (χ1v) is 6.97. The van der Waals surface area contributed by atoms with E-state index >= 15 is 0 Å². The summed E-state index contributed by atoms with van der Waals surface area (Å²) in [5.74, 6) is 1.64. The topological polar surface area (TPSA) is 68.3 Å². The highest BCUT2D eigenvalue weighted by Crippen LogP contribution is 2.41. The van der Waals surface area contributed by atoms with Crippen LogP contribution in [0, 0.1) is 11.3 Å². The third-order valence-electron chi connectivity index (χ3n) is 3.41. The summed E-state index contributed by atoms with van der Waals surface area (Å²) in [5, 5.41) is 8.86. The molecule has 4 heteroatoms. The van der Waals surface area contributed by atoms with Gasteiger partial charge in [-0.25, -0.2) is 0 Å². The van der Waals surface area contributed by atoms with Crippen molar-refractivity contribution in [3.63, 3.8) is 0 Å². The van der Waals surface area contributed by atoms with Gasteiger partial charge in [0, 0.05) is 12.0 Å².